The van der Waals surface area contributed by atoms with Crippen molar-refractivity contribution in [2.24, 2.45) is 0 Å². The molecule has 2 N–H and O–H groups in total. The number of furan rings is 1. The van der Waals surface area contributed by atoms with Gasteiger partial charge >= 0.3 is 0 Å². The Morgan fingerprint density at radius 1 is 1.32 bits per heavy atom. The highest BCUT2D eigenvalue weighted by Crippen LogP contribution is 2.21. The Hall–Kier alpha value is -2.34. The second-order valence-electron chi connectivity index (χ2n) is 5.18. The predicted molar refractivity (Wildman–Crippen MR) is 81.4 cm³/mol. The molecule has 0 saturated carbocycles. The molecule has 0 atom stereocenters. The summed E-state index contributed by atoms with van der Waals surface area (Å²) in [6, 6.07) is 8.32. The summed E-state index contributed by atoms with van der Waals surface area (Å²) < 4.78 is 19.2. The van der Waals surface area contributed by atoms with E-state index < -0.39 is 0 Å². The van der Waals surface area contributed by atoms with Crippen LogP contribution >= 0.6 is 0 Å². The van der Waals surface area contributed by atoms with Crippen LogP contribution < -0.4 is 15.5 Å². The van der Waals surface area contributed by atoms with Crippen molar-refractivity contribution >= 4 is 11.6 Å². The van der Waals surface area contributed by atoms with Crippen LogP contribution in [0.4, 0.5) is 10.1 Å². The van der Waals surface area contributed by atoms with Gasteiger partial charge in [0.25, 0.3) is 5.91 Å². The number of amides is 1. The van der Waals surface area contributed by atoms with Crippen LogP contribution in [-0.2, 0) is 6.54 Å². The topological polar surface area (TPSA) is 57.5 Å². The Morgan fingerprint density at radius 3 is 2.82 bits per heavy atom. The standard InChI is InChI=1S/C16H18FN3O2/c17-13-10-12(11-19-16(21)15-2-1-9-22-15)3-4-14(13)20-7-5-18-6-8-20/h1-4,9-10,18H,5-8,11H2,(H,19,21). The first-order valence-corrected chi connectivity index (χ1v) is 7.30. The second-order valence-corrected chi connectivity index (χ2v) is 5.18. The zero-order valence-electron chi connectivity index (χ0n) is 12.1. The lowest BCUT2D eigenvalue weighted by Gasteiger charge is -2.29. The summed E-state index contributed by atoms with van der Waals surface area (Å²) in [5.41, 5.74) is 1.33. The lowest BCUT2D eigenvalue weighted by molar-refractivity contribution is 0.0923. The number of anilines is 1. The Bertz CT molecular complexity index is 637. The van der Waals surface area contributed by atoms with Gasteiger partial charge in [-0.1, -0.05) is 6.07 Å². The van der Waals surface area contributed by atoms with Crippen molar-refractivity contribution in [3.63, 3.8) is 0 Å². The zero-order valence-corrected chi connectivity index (χ0v) is 12.1. The predicted octanol–water partition coefficient (Wildman–Crippen LogP) is 1.76. The van der Waals surface area contributed by atoms with E-state index in [9.17, 15) is 9.18 Å². The summed E-state index contributed by atoms with van der Waals surface area (Å²) in [6.45, 7) is 3.58. The Labute approximate surface area is 128 Å². The minimum atomic E-state index is -0.309. The fourth-order valence-corrected chi connectivity index (χ4v) is 2.50. The maximum absolute atomic E-state index is 14.2. The Morgan fingerprint density at radius 2 is 2.14 bits per heavy atom. The highest BCUT2D eigenvalue weighted by atomic mass is 19.1. The smallest absolute Gasteiger partial charge is 0.287 e. The van der Waals surface area contributed by atoms with E-state index in [1.807, 2.05) is 11.0 Å². The number of hydrogen-bond acceptors (Lipinski definition) is 4. The first-order chi connectivity index (χ1) is 10.7. The molecule has 0 unspecified atom stereocenters. The second kappa shape index (κ2) is 6.62. The lowest BCUT2D eigenvalue weighted by atomic mass is 10.1. The molecule has 2 heterocycles. The van der Waals surface area contributed by atoms with Gasteiger partial charge in [-0.05, 0) is 29.8 Å². The van der Waals surface area contributed by atoms with E-state index in [2.05, 4.69) is 10.6 Å². The number of nitrogens with zero attached hydrogens (tertiary/aromatic N) is 1. The fourth-order valence-electron chi connectivity index (χ4n) is 2.50. The van der Waals surface area contributed by atoms with Crippen LogP contribution in [0.3, 0.4) is 0 Å². The van der Waals surface area contributed by atoms with Gasteiger partial charge in [0.15, 0.2) is 5.76 Å². The Balaban J connectivity index is 1.63. The van der Waals surface area contributed by atoms with Crippen molar-refractivity contribution in [1.29, 1.82) is 0 Å². The molecule has 5 nitrogen and oxygen atoms in total. The summed E-state index contributed by atoms with van der Waals surface area (Å²) in [5.74, 6) is -0.318. The Kier molecular flexibility index (Phi) is 4.39. The fraction of sp³-hybridized carbons (Fsp3) is 0.312. The molecule has 1 aromatic carbocycles. The van der Waals surface area contributed by atoms with E-state index in [0.717, 1.165) is 31.7 Å². The van der Waals surface area contributed by atoms with Crippen LogP contribution in [0.2, 0.25) is 0 Å². The lowest BCUT2D eigenvalue weighted by Crippen LogP contribution is -2.43. The summed E-state index contributed by atoms with van der Waals surface area (Å²) in [7, 11) is 0. The van der Waals surface area contributed by atoms with Gasteiger partial charge in [-0.25, -0.2) is 4.39 Å². The minimum absolute atomic E-state index is 0.248. The van der Waals surface area contributed by atoms with Crippen LogP contribution in [0.5, 0.6) is 0 Å². The number of piperazine rings is 1. The number of hydrogen-bond donors (Lipinski definition) is 2. The molecule has 1 aliphatic rings. The van der Waals surface area contributed by atoms with E-state index in [1.165, 1.54) is 12.3 Å². The van der Waals surface area contributed by atoms with Crippen molar-refractivity contribution in [2.75, 3.05) is 31.1 Å². The number of benzene rings is 1. The molecule has 6 heteroatoms. The average molecular weight is 303 g/mol. The molecule has 1 saturated heterocycles. The van der Waals surface area contributed by atoms with Crippen LogP contribution in [0.25, 0.3) is 0 Å². The zero-order chi connectivity index (χ0) is 15.4. The maximum Gasteiger partial charge on any atom is 0.287 e. The number of carbonyl (C=O) groups is 1. The molecule has 116 valence electrons. The van der Waals surface area contributed by atoms with Crippen molar-refractivity contribution in [3.05, 3.63) is 53.7 Å². The van der Waals surface area contributed by atoms with Crippen molar-refractivity contribution < 1.29 is 13.6 Å². The molecule has 0 radical (unpaired) electrons. The van der Waals surface area contributed by atoms with Gasteiger partial charge in [0.2, 0.25) is 0 Å². The average Bonchev–Trinajstić information content (AvgIpc) is 3.08. The third-order valence-corrected chi connectivity index (χ3v) is 3.67. The summed E-state index contributed by atoms with van der Waals surface area (Å²) in [5, 5.41) is 5.95. The van der Waals surface area contributed by atoms with Gasteiger partial charge in [0, 0.05) is 32.7 Å². The molecule has 0 spiro atoms. The highest BCUT2D eigenvalue weighted by Gasteiger charge is 2.15. The van der Waals surface area contributed by atoms with Gasteiger partial charge < -0.3 is 20.0 Å². The largest absolute Gasteiger partial charge is 0.459 e. The van der Waals surface area contributed by atoms with Gasteiger partial charge in [0.1, 0.15) is 5.82 Å². The molecule has 0 bridgehead atoms. The molecule has 1 aromatic heterocycles. The molecule has 2 aromatic rings. The van der Waals surface area contributed by atoms with E-state index in [0.29, 0.717) is 5.69 Å². The quantitative estimate of drug-likeness (QED) is 0.903. The number of rotatable bonds is 4. The van der Waals surface area contributed by atoms with Crippen LogP contribution in [-0.4, -0.2) is 32.1 Å². The molecule has 3 rings (SSSR count). The molecule has 22 heavy (non-hydrogen) atoms. The van der Waals surface area contributed by atoms with Crippen LogP contribution in [0.1, 0.15) is 16.1 Å². The number of carbonyl (C=O) groups excluding carboxylic acids is 1. The number of nitrogens with one attached hydrogen (secondary N) is 2. The molecule has 1 fully saturated rings. The first kappa shape index (κ1) is 14.6. The number of halogens is 1. The van der Waals surface area contributed by atoms with Crippen molar-refractivity contribution in [3.8, 4) is 0 Å². The van der Waals surface area contributed by atoms with E-state index in [4.69, 9.17) is 4.42 Å². The minimum Gasteiger partial charge on any atom is -0.459 e. The SMILES string of the molecule is O=C(NCc1ccc(N2CCNCC2)c(F)c1)c1ccco1. The van der Waals surface area contributed by atoms with Gasteiger partial charge in [0.05, 0.1) is 12.0 Å². The third kappa shape index (κ3) is 3.28. The van der Waals surface area contributed by atoms with E-state index in [1.54, 1.807) is 18.2 Å². The third-order valence-electron chi connectivity index (χ3n) is 3.67. The molecular formula is C16H18FN3O2. The molecular weight excluding hydrogens is 285 g/mol. The van der Waals surface area contributed by atoms with Crippen molar-refractivity contribution in [2.45, 2.75) is 6.54 Å². The van der Waals surface area contributed by atoms with E-state index >= 15 is 0 Å². The van der Waals surface area contributed by atoms with Gasteiger partial charge in [-0.2, -0.15) is 0 Å². The monoisotopic (exact) mass is 303 g/mol. The van der Waals surface area contributed by atoms with Gasteiger partial charge in [-0.15, -0.1) is 0 Å². The van der Waals surface area contributed by atoms with Crippen LogP contribution in [0.15, 0.2) is 41.0 Å². The van der Waals surface area contributed by atoms with Gasteiger partial charge in [-0.3, -0.25) is 4.79 Å². The normalized spacial score (nSPS) is 14.9. The maximum atomic E-state index is 14.2. The molecule has 1 aliphatic heterocycles. The molecule has 1 amide bonds. The van der Waals surface area contributed by atoms with Crippen LogP contribution in [0, 0.1) is 5.82 Å². The molecule has 0 aliphatic carbocycles. The first-order valence-electron chi connectivity index (χ1n) is 7.30. The highest BCUT2D eigenvalue weighted by molar-refractivity contribution is 5.91. The summed E-state index contributed by atoms with van der Waals surface area (Å²) in [6.07, 6.45) is 1.44. The van der Waals surface area contributed by atoms with E-state index in [-0.39, 0.29) is 24.0 Å². The summed E-state index contributed by atoms with van der Waals surface area (Å²) >= 11 is 0. The summed E-state index contributed by atoms with van der Waals surface area (Å²) in [4.78, 5) is 13.8. The van der Waals surface area contributed by atoms with Crippen molar-refractivity contribution in [1.82, 2.24) is 10.6 Å².